The summed E-state index contributed by atoms with van der Waals surface area (Å²) in [6.45, 7) is 6.54. The maximum Gasteiger partial charge on any atom is 0.250 e. The number of carbonyl (C=O) groups excluding carboxylic acids is 1. The van der Waals surface area contributed by atoms with Crippen LogP contribution in [-0.2, 0) is 20.8 Å². The Labute approximate surface area is 218 Å². The van der Waals surface area contributed by atoms with E-state index in [0.717, 1.165) is 50.3 Å². The summed E-state index contributed by atoms with van der Waals surface area (Å²) in [4.78, 5) is 28.1. The Morgan fingerprint density at radius 2 is 1.86 bits per heavy atom. The molecule has 0 N–H and O–H groups in total. The number of hydrogen-bond donors (Lipinski definition) is 0. The second-order valence-corrected chi connectivity index (χ2v) is 11.1. The second-order valence-electron chi connectivity index (χ2n) is 11.1. The molecule has 6 atom stereocenters. The molecule has 6 rings (SSSR count). The zero-order valence-electron chi connectivity index (χ0n) is 21.7. The van der Waals surface area contributed by atoms with Crippen LogP contribution >= 0.6 is 0 Å². The molecule has 4 heterocycles. The van der Waals surface area contributed by atoms with Gasteiger partial charge in [-0.3, -0.25) is 9.59 Å². The highest BCUT2D eigenvalue weighted by atomic mass is 16.5. The first-order chi connectivity index (χ1) is 18.0. The van der Waals surface area contributed by atoms with Crippen molar-refractivity contribution in [3.8, 4) is 5.75 Å². The molecule has 37 heavy (non-hydrogen) atoms. The highest BCUT2D eigenvalue weighted by Gasteiger charge is 2.45. The van der Waals surface area contributed by atoms with Gasteiger partial charge in [-0.25, -0.2) is 0 Å². The van der Waals surface area contributed by atoms with Crippen molar-refractivity contribution in [2.75, 3.05) is 33.4 Å². The first kappa shape index (κ1) is 24.4. The van der Waals surface area contributed by atoms with Gasteiger partial charge in [-0.1, -0.05) is 25.1 Å². The van der Waals surface area contributed by atoms with E-state index in [9.17, 15) is 9.59 Å². The second kappa shape index (κ2) is 10.1. The minimum Gasteiger partial charge on any atom is -0.497 e. The van der Waals surface area contributed by atoms with Crippen molar-refractivity contribution < 1.29 is 19.0 Å². The predicted octanol–water partition coefficient (Wildman–Crippen LogP) is 3.72. The van der Waals surface area contributed by atoms with Gasteiger partial charge in [0.25, 0.3) is 5.56 Å². The maximum absolute atomic E-state index is 13.3. The van der Waals surface area contributed by atoms with Crippen LogP contribution in [0.25, 0.3) is 5.57 Å². The van der Waals surface area contributed by atoms with Gasteiger partial charge in [0.15, 0.2) is 5.78 Å². The molecule has 0 radical (unpaired) electrons. The zero-order chi connectivity index (χ0) is 25.5. The van der Waals surface area contributed by atoms with E-state index in [4.69, 9.17) is 14.2 Å². The van der Waals surface area contributed by atoms with E-state index in [1.165, 1.54) is 12.1 Å². The Morgan fingerprint density at radius 1 is 1.03 bits per heavy atom. The van der Waals surface area contributed by atoms with Crippen LogP contribution in [0, 0.1) is 17.8 Å². The number of ketones is 1. The molecule has 0 amide bonds. The van der Waals surface area contributed by atoms with Crippen molar-refractivity contribution in [1.29, 1.82) is 0 Å². The van der Waals surface area contributed by atoms with E-state index in [-0.39, 0.29) is 35.4 Å². The SMILES string of the molecule is COc1ccc(C2=COC3C(CCC(OCCN4CC5CC(C4)c4cccc(=O)n4C5)C3C)C2=O)cc1. The highest BCUT2D eigenvalue weighted by Crippen LogP contribution is 2.40. The Kier molecular flexibility index (Phi) is 6.67. The lowest BCUT2D eigenvalue weighted by molar-refractivity contribution is -0.135. The predicted molar refractivity (Wildman–Crippen MR) is 140 cm³/mol. The first-order valence-corrected chi connectivity index (χ1v) is 13.6. The van der Waals surface area contributed by atoms with E-state index in [1.807, 2.05) is 34.9 Å². The molecule has 6 unspecified atom stereocenters. The summed E-state index contributed by atoms with van der Waals surface area (Å²) >= 11 is 0. The van der Waals surface area contributed by atoms with Crippen molar-refractivity contribution >= 4 is 11.4 Å². The monoisotopic (exact) mass is 504 g/mol. The quantitative estimate of drug-likeness (QED) is 0.597. The molecule has 2 fully saturated rings. The number of methoxy groups -OCH3 is 1. The Hall–Kier alpha value is -2.90. The summed E-state index contributed by atoms with van der Waals surface area (Å²) in [6.07, 6.45) is 4.42. The number of fused-ring (bicyclic) bond motifs is 5. The van der Waals surface area contributed by atoms with Crippen LogP contribution in [0.5, 0.6) is 5.75 Å². The highest BCUT2D eigenvalue weighted by molar-refractivity contribution is 6.22. The third-order valence-corrected chi connectivity index (χ3v) is 8.90. The number of pyridine rings is 1. The summed E-state index contributed by atoms with van der Waals surface area (Å²) in [5.41, 5.74) is 2.83. The van der Waals surface area contributed by atoms with E-state index in [1.54, 1.807) is 19.4 Å². The number of benzene rings is 1. The maximum atomic E-state index is 13.3. The van der Waals surface area contributed by atoms with Crippen LogP contribution in [0.1, 0.15) is 43.4 Å². The molecule has 2 bridgehead atoms. The number of carbonyl (C=O) groups is 1. The fraction of sp³-hybridized carbons (Fsp3) is 0.533. The molecule has 1 saturated heterocycles. The number of likely N-dealkylation sites (tertiary alicyclic amines) is 1. The van der Waals surface area contributed by atoms with Crippen molar-refractivity contribution in [3.63, 3.8) is 0 Å². The normalized spacial score (nSPS) is 31.1. The Bertz CT molecular complexity index is 1240. The van der Waals surface area contributed by atoms with Crippen molar-refractivity contribution in [1.82, 2.24) is 9.47 Å². The molecule has 1 aliphatic carbocycles. The number of rotatable bonds is 6. The van der Waals surface area contributed by atoms with Crippen LogP contribution in [0.15, 0.2) is 53.5 Å². The average Bonchev–Trinajstić information content (AvgIpc) is 2.91. The van der Waals surface area contributed by atoms with E-state index < -0.39 is 0 Å². The minimum absolute atomic E-state index is 0.0913. The van der Waals surface area contributed by atoms with Gasteiger partial charge in [0, 0.05) is 49.8 Å². The van der Waals surface area contributed by atoms with Gasteiger partial charge in [-0.2, -0.15) is 0 Å². The first-order valence-electron chi connectivity index (χ1n) is 13.6. The lowest BCUT2D eigenvalue weighted by Gasteiger charge is -2.44. The molecule has 1 aromatic heterocycles. The molecule has 196 valence electrons. The summed E-state index contributed by atoms with van der Waals surface area (Å²) in [7, 11) is 1.63. The van der Waals surface area contributed by atoms with Crippen molar-refractivity contribution in [3.05, 3.63) is 70.3 Å². The number of hydrogen-bond acceptors (Lipinski definition) is 6. The molecule has 1 saturated carbocycles. The average molecular weight is 505 g/mol. The van der Waals surface area contributed by atoms with Crippen LogP contribution in [0.3, 0.4) is 0 Å². The molecule has 0 spiro atoms. The third kappa shape index (κ3) is 4.64. The topological polar surface area (TPSA) is 70.0 Å². The number of Topliss-reactive ketones (excluding diaryl/α,β-unsaturated/α-hetero) is 1. The lowest BCUT2D eigenvalue weighted by atomic mass is 9.73. The number of aromatic nitrogens is 1. The largest absolute Gasteiger partial charge is 0.497 e. The zero-order valence-corrected chi connectivity index (χ0v) is 21.7. The molecular weight excluding hydrogens is 468 g/mol. The van der Waals surface area contributed by atoms with Gasteiger partial charge in [-0.05, 0) is 48.9 Å². The number of piperidine rings is 1. The van der Waals surface area contributed by atoms with E-state index >= 15 is 0 Å². The number of ether oxygens (including phenoxy) is 3. The van der Waals surface area contributed by atoms with Gasteiger partial charge in [0.05, 0.1) is 37.6 Å². The van der Waals surface area contributed by atoms with E-state index in [0.29, 0.717) is 24.0 Å². The fourth-order valence-corrected chi connectivity index (χ4v) is 6.98. The summed E-state index contributed by atoms with van der Waals surface area (Å²) in [5, 5.41) is 0. The minimum atomic E-state index is -0.141. The lowest BCUT2D eigenvalue weighted by Crippen LogP contribution is -2.49. The van der Waals surface area contributed by atoms with Crippen LogP contribution in [-0.4, -0.2) is 60.8 Å². The Morgan fingerprint density at radius 3 is 2.68 bits per heavy atom. The van der Waals surface area contributed by atoms with Crippen LogP contribution in [0.4, 0.5) is 0 Å². The van der Waals surface area contributed by atoms with Gasteiger partial charge < -0.3 is 23.7 Å². The summed E-state index contributed by atoms with van der Waals surface area (Å²) in [5.74, 6) is 1.91. The molecule has 1 aromatic carbocycles. The molecule has 3 aliphatic heterocycles. The number of nitrogens with zero attached hydrogens (tertiary/aromatic N) is 2. The van der Waals surface area contributed by atoms with Gasteiger partial charge >= 0.3 is 0 Å². The van der Waals surface area contributed by atoms with Gasteiger partial charge in [-0.15, -0.1) is 0 Å². The summed E-state index contributed by atoms with van der Waals surface area (Å²) in [6, 6.07) is 13.2. The molecule has 2 aromatic rings. The smallest absolute Gasteiger partial charge is 0.250 e. The Balaban J connectivity index is 1.04. The molecule has 7 heteroatoms. The third-order valence-electron chi connectivity index (χ3n) is 8.90. The van der Waals surface area contributed by atoms with Crippen LogP contribution < -0.4 is 10.3 Å². The molecule has 7 nitrogen and oxygen atoms in total. The van der Waals surface area contributed by atoms with Crippen molar-refractivity contribution in [2.45, 2.75) is 50.9 Å². The summed E-state index contributed by atoms with van der Waals surface area (Å²) < 4.78 is 19.8. The van der Waals surface area contributed by atoms with Gasteiger partial charge in [0.1, 0.15) is 11.9 Å². The molecule has 4 aliphatic rings. The van der Waals surface area contributed by atoms with E-state index in [2.05, 4.69) is 17.9 Å². The number of allylic oxidation sites excluding steroid dienone is 1. The fourth-order valence-electron chi connectivity index (χ4n) is 6.98. The van der Waals surface area contributed by atoms with Crippen molar-refractivity contribution in [2.24, 2.45) is 17.8 Å². The molecular formula is C30H36N2O5. The van der Waals surface area contributed by atoms with Crippen LogP contribution in [0.2, 0.25) is 0 Å². The standard InChI is InChI=1S/C30H36N2O5/c1-19-27(11-10-24-29(34)25(18-37-30(19)24)21-6-8-23(35-2)9-7-21)36-13-12-31-15-20-14-22(17-31)26-4-3-5-28(33)32(26)16-20/h3-9,18-20,22,24,27,30H,10-17H2,1-2H3. The van der Waals surface area contributed by atoms with Gasteiger partial charge in [0.2, 0.25) is 0 Å².